The topological polar surface area (TPSA) is 0 Å². The van der Waals surface area contributed by atoms with Crippen LogP contribution in [0.25, 0.3) is 0 Å². The van der Waals surface area contributed by atoms with Crippen LogP contribution in [0.3, 0.4) is 0 Å². The van der Waals surface area contributed by atoms with Gasteiger partial charge in [-0.15, -0.1) is 0 Å². The van der Waals surface area contributed by atoms with Crippen molar-refractivity contribution in [3.63, 3.8) is 0 Å². The highest BCUT2D eigenvalue weighted by Gasteiger charge is 2.02. The fraction of sp³-hybridized carbons (Fsp3) is 1.00. The molecule has 0 spiro atoms. The van der Waals surface area contributed by atoms with Crippen LogP contribution in [0, 0.1) is 0 Å². The maximum Gasteiger partial charge on any atom is 0.0113 e. The fourth-order valence-electron chi connectivity index (χ4n) is 0.723. The molecule has 80 valence electrons. The molecular weight excluding hydrogens is 256 g/mol. The van der Waals surface area contributed by atoms with Gasteiger partial charge in [0.25, 0.3) is 0 Å². The van der Waals surface area contributed by atoms with Crippen molar-refractivity contribution in [3.05, 3.63) is 0 Å². The summed E-state index contributed by atoms with van der Waals surface area (Å²) in [5.74, 6) is 4.11. The molecule has 5 heteroatoms. The fourth-order valence-corrected chi connectivity index (χ4v) is 2.80. The highest BCUT2D eigenvalue weighted by Crippen LogP contribution is 2.13. The highest BCUT2D eigenvalue weighted by atomic mass is 32.2. The molecule has 0 heterocycles. The van der Waals surface area contributed by atoms with E-state index in [-0.39, 0.29) is 0 Å². The van der Waals surface area contributed by atoms with Gasteiger partial charge in [-0.2, -0.15) is 62.3 Å². The van der Waals surface area contributed by atoms with Crippen molar-refractivity contribution < 1.29 is 0 Å². The molecule has 0 saturated heterocycles. The van der Waals surface area contributed by atoms with Crippen LogP contribution in [0.1, 0.15) is 12.8 Å². The number of thioether (sulfide) groups is 1. The van der Waals surface area contributed by atoms with E-state index in [0.717, 1.165) is 24.3 Å². The third-order valence-corrected chi connectivity index (χ3v) is 5.00. The molecular formula is C8H18S5. The number of rotatable bonds is 8. The molecule has 0 aliphatic rings. The van der Waals surface area contributed by atoms with Crippen molar-refractivity contribution in [1.82, 2.24) is 0 Å². The zero-order valence-electron chi connectivity index (χ0n) is 7.59. The van der Waals surface area contributed by atoms with E-state index in [1.807, 2.05) is 11.8 Å². The summed E-state index contributed by atoms with van der Waals surface area (Å²) in [5, 5.41) is 0.903. The summed E-state index contributed by atoms with van der Waals surface area (Å²) in [4.78, 5) is 0. The second-order valence-electron chi connectivity index (χ2n) is 2.86. The van der Waals surface area contributed by atoms with Gasteiger partial charge in [-0.25, -0.2) is 0 Å². The first-order valence-electron chi connectivity index (χ1n) is 4.36. The third kappa shape index (κ3) is 10.0. The van der Waals surface area contributed by atoms with Crippen LogP contribution in [0.4, 0.5) is 0 Å². The highest BCUT2D eigenvalue weighted by molar-refractivity contribution is 7.99. The molecule has 0 aliphatic heterocycles. The first-order valence-corrected chi connectivity index (χ1v) is 7.81. The summed E-state index contributed by atoms with van der Waals surface area (Å²) >= 11 is 19.1. The van der Waals surface area contributed by atoms with E-state index in [9.17, 15) is 0 Å². The van der Waals surface area contributed by atoms with Gasteiger partial charge in [0.15, 0.2) is 0 Å². The van der Waals surface area contributed by atoms with E-state index in [2.05, 4.69) is 50.5 Å². The van der Waals surface area contributed by atoms with Crippen LogP contribution < -0.4 is 0 Å². The van der Waals surface area contributed by atoms with Crippen LogP contribution in [0.15, 0.2) is 0 Å². The molecule has 0 aliphatic carbocycles. The predicted octanol–water partition coefficient (Wildman–Crippen LogP) is 2.96. The molecule has 0 saturated carbocycles. The lowest BCUT2D eigenvalue weighted by atomic mass is 10.4. The Bertz CT molecular complexity index is 96.7. The van der Waals surface area contributed by atoms with Gasteiger partial charge in [-0.05, 0) is 24.3 Å². The molecule has 0 rings (SSSR count). The van der Waals surface area contributed by atoms with Gasteiger partial charge in [0, 0.05) is 22.0 Å². The molecule has 0 amide bonds. The summed E-state index contributed by atoms with van der Waals surface area (Å²) in [5.41, 5.74) is 0. The van der Waals surface area contributed by atoms with Gasteiger partial charge in [-0.3, -0.25) is 0 Å². The van der Waals surface area contributed by atoms with Gasteiger partial charge in [0.05, 0.1) is 0 Å². The minimum atomic E-state index is 0.451. The molecule has 0 N–H and O–H groups in total. The van der Waals surface area contributed by atoms with E-state index in [4.69, 9.17) is 0 Å². The van der Waals surface area contributed by atoms with Crippen LogP contribution in [-0.4, -0.2) is 33.5 Å². The first-order chi connectivity index (χ1) is 6.20. The molecule has 0 aromatic carbocycles. The van der Waals surface area contributed by atoms with Crippen molar-refractivity contribution in [3.8, 4) is 0 Å². The minimum absolute atomic E-state index is 0.451. The molecule has 2 unspecified atom stereocenters. The summed E-state index contributed by atoms with van der Waals surface area (Å²) in [6.07, 6.45) is 2.30. The van der Waals surface area contributed by atoms with Gasteiger partial charge < -0.3 is 0 Å². The maximum absolute atomic E-state index is 4.37. The Kier molecular flexibility index (Phi) is 11.7. The van der Waals surface area contributed by atoms with E-state index < -0.39 is 0 Å². The van der Waals surface area contributed by atoms with Crippen molar-refractivity contribution in [1.29, 1.82) is 0 Å². The van der Waals surface area contributed by atoms with Gasteiger partial charge >= 0.3 is 0 Å². The van der Waals surface area contributed by atoms with E-state index in [1.165, 1.54) is 11.5 Å². The Balaban J connectivity index is 3.08. The second kappa shape index (κ2) is 10.3. The van der Waals surface area contributed by atoms with Gasteiger partial charge in [0.2, 0.25) is 0 Å². The Labute approximate surface area is 108 Å². The lowest BCUT2D eigenvalue weighted by Gasteiger charge is -2.08. The average Bonchev–Trinajstić information content (AvgIpc) is 2.16. The summed E-state index contributed by atoms with van der Waals surface area (Å²) in [7, 11) is 0. The number of hydrogen-bond acceptors (Lipinski definition) is 5. The van der Waals surface area contributed by atoms with Gasteiger partial charge in [0.1, 0.15) is 0 Å². The van der Waals surface area contributed by atoms with Crippen LogP contribution in [0.2, 0.25) is 0 Å². The molecule has 2 atom stereocenters. The molecule has 0 nitrogen and oxygen atoms in total. The van der Waals surface area contributed by atoms with Crippen LogP contribution in [-0.2, 0) is 0 Å². The van der Waals surface area contributed by atoms with Crippen LogP contribution in [0.5, 0.6) is 0 Å². The van der Waals surface area contributed by atoms with E-state index >= 15 is 0 Å². The molecule has 0 aromatic rings. The van der Waals surface area contributed by atoms with E-state index in [0.29, 0.717) is 10.5 Å². The normalized spacial score (nSPS) is 15.7. The quantitative estimate of drug-likeness (QED) is 0.390. The third-order valence-electron chi connectivity index (χ3n) is 1.61. The number of thiol groups is 4. The lowest BCUT2D eigenvalue weighted by Crippen LogP contribution is -2.04. The SMILES string of the molecule is SCC(S)CCSCCC(S)CS. The Morgan fingerprint density at radius 3 is 1.54 bits per heavy atom. The lowest BCUT2D eigenvalue weighted by molar-refractivity contribution is 0.918. The van der Waals surface area contributed by atoms with Crippen LogP contribution >= 0.6 is 62.3 Å². The Morgan fingerprint density at radius 1 is 0.846 bits per heavy atom. The minimum Gasteiger partial charge on any atom is -0.178 e. The summed E-state index contributed by atoms with van der Waals surface area (Å²) in [6.45, 7) is 0. The zero-order valence-corrected chi connectivity index (χ0v) is 12.0. The second-order valence-corrected chi connectivity index (χ2v) is 6.28. The summed E-state index contributed by atoms with van der Waals surface area (Å²) < 4.78 is 0. The monoisotopic (exact) mass is 274 g/mol. The average molecular weight is 275 g/mol. The Hall–Kier alpha value is 1.75. The van der Waals surface area contributed by atoms with Crippen molar-refractivity contribution in [2.24, 2.45) is 0 Å². The molecule has 0 radical (unpaired) electrons. The van der Waals surface area contributed by atoms with Crippen molar-refractivity contribution in [2.75, 3.05) is 23.0 Å². The summed E-state index contributed by atoms with van der Waals surface area (Å²) in [6, 6.07) is 0. The largest absolute Gasteiger partial charge is 0.178 e. The van der Waals surface area contributed by atoms with Crippen molar-refractivity contribution in [2.45, 2.75) is 23.3 Å². The molecule has 0 fully saturated rings. The standard InChI is InChI=1S/C8H18S5/c9-5-7(11)1-3-13-4-2-8(12)6-10/h7-12H,1-6H2. The number of hydrogen-bond donors (Lipinski definition) is 4. The first kappa shape index (κ1) is 14.8. The van der Waals surface area contributed by atoms with E-state index in [1.54, 1.807) is 0 Å². The molecule has 0 bridgehead atoms. The molecule has 13 heavy (non-hydrogen) atoms. The van der Waals surface area contributed by atoms with Crippen molar-refractivity contribution >= 4 is 62.3 Å². The van der Waals surface area contributed by atoms with Gasteiger partial charge in [-0.1, -0.05) is 0 Å². The smallest absolute Gasteiger partial charge is 0.0113 e. The zero-order chi connectivity index (χ0) is 10.1. The predicted molar refractivity (Wildman–Crippen MR) is 79.8 cm³/mol. The molecule has 0 aromatic heterocycles. The maximum atomic E-state index is 4.37. The Morgan fingerprint density at radius 2 is 1.23 bits per heavy atom.